The summed E-state index contributed by atoms with van der Waals surface area (Å²) in [6.07, 6.45) is 0.832. The Morgan fingerprint density at radius 3 is 2.75 bits per heavy atom. The van der Waals surface area contributed by atoms with Crippen LogP contribution in [0.4, 0.5) is 5.69 Å². The number of hydrogen-bond acceptors (Lipinski definition) is 3. The van der Waals surface area contributed by atoms with Crippen LogP contribution in [0.5, 0.6) is 0 Å². The molecule has 4 nitrogen and oxygen atoms in total. The van der Waals surface area contributed by atoms with Crippen molar-refractivity contribution in [2.24, 2.45) is 0 Å². The van der Waals surface area contributed by atoms with E-state index in [2.05, 4.69) is 39.6 Å². The Bertz CT molecular complexity index is 462. The summed E-state index contributed by atoms with van der Waals surface area (Å²) in [7, 11) is 0. The van der Waals surface area contributed by atoms with E-state index in [1.807, 2.05) is 19.1 Å². The number of nitrogens with one attached hydrogen (secondary N) is 2. The number of aryl methyl sites for hydroxylation is 2. The standard InChI is InChI=1S/C12H16N4/c1-9-5-3-4-6-11(9)13-8-7-12-14-10(2)15-16-12/h3-6,13H,7-8H2,1-2H3,(H,14,15,16). The van der Waals surface area contributed by atoms with Gasteiger partial charge in [0.25, 0.3) is 0 Å². The van der Waals surface area contributed by atoms with Gasteiger partial charge in [0.15, 0.2) is 5.82 Å². The summed E-state index contributed by atoms with van der Waals surface area (Å²) in [5.74, 6) is 1.73. The van der Waals surface area contributed by atoms with Crippen LogP contribution < -0.4 is 5.32 Å². The molecular weight excluding hydrogens is 200 g/mol. The number of anilines is 1. The molecule has 0 bridgehead atoms. The second-order valence-electron chi connectivity index (χ2n) is 3.83. The minimum Gasteiger partial charge on any atom is -0.384 e. The first-order valence-corrected chi connectivity index (χ1v) is 5.43. The third-order valence-corrected chi connectivity index (χ3v) is 2.45. The number of benzene rings is 1. The van der Waals surface area contributed by atoms with Gasteiger partial charge >= 0.3 is 0 Å². The van der Waals surface area contributed by atoms with Crippen molar-refractivity contribution >= 4 is 5.69 Å². The molecular formula is C12H16N4. The van der Waals surface area contributed by atoms with Crippen molar-refractivity contribution in [2.45, 2.75) is 20.3 Å². The first-order valence-electron chi connectivity index (χ1n) is 5.43. The van der Waals surface area contributed by atoms with Gasteiger partial charge in [0.1, 0.15) is 5.82 Å². The van der Waals surface area contributed by atoms with Gasteiger partial charge in [-0.05, 0) is 25.5 Å². The topological polar surface area (TPSA) is 53.6 Å². The van der Waals surface area contributed by atoms with E-state index in [-0.39, 0.29) is 0 Å². The summed E-state index contributed by atoms with van der Waals surface area (Å²) in [6.45, 7) is 4.85. The fourth-order valence-electron chi connectivity index (χ4n) is 1.58. The molecule has 2 N–H and O–H groups in total. The lowest BCUT2D eigenvalue weighted by Crippen LogP contribution is -2.06. The SMILES string of the molecule is Cc1nc(CCNc2ccccc2C)n[nH]1. The molecule has 4 heteroatoms. The highest BCUT2D eigenvalue weighted by atomic mass is 15.2. The number of para-hydroxylation sites is 1. The zero-order valence-corrected chi connectivity index (χ0v) is 9.62. The lowest BCUT2D eigenvalue weighted by Gasteiger charge is -2.07. The van der Waals surface area contributed by atoms with E-state index in [4.69, 9.17) is 0 Å². The lowest BCUT2D eigenvalue weighted by atomic mass is 10.2. The maximum Gasteiger partial charge on any atom is 0.152 e. The molecule has 0 aliphatic carbocycles. The summed E-state index contributed by atoms with van der Waals surface area (Å²) in [4.78, 5) is 4.26. The molecule has 1 aromatic carbocycles. The quantitative estimate of drug-likeness (QED) is 0.822. The predicted octanol–water partition coefficient (Wildman–Crippen LogP) is 2.08. The second-order valence-corrected chi connectivity index (χ2v) is 3.83. The van der Waals surface area contributed by atoms with Gasteiger partial charge in [0, 0.05) is 18.7 Å². The van der Waals surface area contributed by atoms with Crippen molar-refractivity contribution in [1.29, 1.82) is 0 Å². The van der Waals surface area contributed by atoms with E-state index >= 15 is 0 Å². The average Bonchev–Trinajstić information content (AvgIpc) is 2.67. The third kappa shape index (κ3) is 2.59. The predicted molar refractivity (Wildman–Crippen MR) is 64.5 cm³/mol. The summed E-state index contributed by atoms with van der Waals surface area (Å²) >= 11 is 0. The molecule has 1 aromatic heterocycles. The Morgan fingerprint density at radius 2 is 2.06 bits per heavy atom. The Hall–Kier alpha value is -1.84. The molecule has 0 radical (unpaired) electrons. The summed E-state index contributed by atoms with van der Waals surface area (Å²) in [5, 5.41) is 10.3. The second kappa shape index (κ2) is 4.79. The van der Waals surface area contributed by atoms with Crippen molar-refractivity contribution in [3.63, 3.8) is 0 Å². The van der Waals surface area contributed by atoms with Gasteiger partial charge in [0.2, 0.25) is 0 Å². The lowest BCUT2D eigenvalue weighted by molar-refractivity contribution is 0.900. The van der Waals surface area contributed by atoms with Crippen molar-refractivity contribution in [1.82, 2.24) is 15.2 Å². The third-order valence-electron chi connectivity index (χ3n) is 2.45. The highest BCUT2D eigenvalue weighted by molar-refractivity contribution is 5.50. The first kappa shape index (κ1) is 10.7. The Labute approximate surface area is 95.1 Å². The normalized spacial score (nSPS) is 10.4. The molecule has 0 amide bonds. The number of aromatic amines is 1. The molecule has 0 atom stereocenters. The molecule has 0 aliphatic heterocycles. The highest BCUT2D eigenvalue weighted by Gasteiger charge is 2.00. The molecule has 0 spiro atoms. The molecule has 0 saturated heterocycles. The van der Waals surface area contributed by atoms with Crippen LogP contribution in [0.2, 0.25) is 0 Å². The smallest absolute Gasteiger partial charge is 0.152 e. The van der Waals surface area contributed by atoms with Crippen LogP contribution in [0.1, 0.15) is 17.2 Å². The number of aromatic nitrogens is 3. The van der Waals surface area contributed by atoms with Gasteiger partial charge < -0.3 is 5.32 Å². The molecule has 84 valence electrons. The minimum atomic E-state index is 0.832. The maximum absolute atomic E-state index is 4.26. The minimum absolute atomic E-state index is 0.832. The van der Waals surface area contributed by atoms with Crippen LogP contribution >= 0.6 is 0 Å². The van der Waals surface area contributed by atoms with E-state index < -0.39 is 0 Å². The number of nitrogens with zero attached hydrogens (tertiary/aromatic N) is 2. The van der Waals surface area contributed by atoms with Gasteiger partial charge in [0.05, 0.1) is 0 Å². The van der Waals surface area contributed by atoms with E-state index in [1.54, 1.807) is 0 Å². The summed E-state index contributed by atoms with van der Waals surface area (Å²) < 4.78 is 0. The zero-order valence-electron chi connectivity index (χ0n) is 9.62. The van der Waals surface area contributed by atoms with Gasteiger partial charge in [-0.1, -0.05) is 18.2 Å². The fourth-order valence-corrected chi connectivity index (χ4v) is 1.58. The molecule has 0 fully saturated rings. The van der Waals surface area contributed by atoms with Crippen molar-refractivity contribution in [3.05, 3.63) is 41.5 Å². The molecule has 0 unspecified atom stereocenters. The summed E-state index contributed by atoms with van der Waals surface area (Å²) in [6, 6.07) is 8.25. The van der Waals surface area contributed by atoms with Crippen LogP contribution in [0.3, 0.4) is 0 Å². The van der Waals surface area contributed by atoms with Crippen LogP contribution in [0.25, 0.3) is 0 Å². The van der Waals surface area contributed by atoms with Gasteiger partial charge in [-0.3, -0.25) is 5.10 Å². The van der Waals surface area contributed by atoms with Gasteiger partial charge in [-0.2, -0.15) is 5.10 Å². The monoisotopic (exact) mass is 216 g/mol. The van der Waals surface area contributed by atoms with E-state index in [0.29, 0.717) is 0 Å². The molecule has 1 heterocycles. The van der Waals surface area contributed by atoms with Gasteiger partial charge in [-0.15, -0.1) is 0 Å². The van der Waals surface area contributed by atoms with Crippen LogP contribution in [-0.4, -0.2) is 21.7 Å². The van der Waals surface area contributed by atoms with Crippen molar-refractivity contribution in [2.75, 3.05) is 11.9 Å². The highest BCUT2D eigenvalue weighted by Crippen LogP contribution is 2.12. The molecule has 2 rings (SSSR count). The Kier molecular flexibility index (Phi) is 3.19. The Balaban J connectivity index is 1.87. The number of rotatable bonds is 4. The molecule has 0 aliphatic rings. The van der Waals surface area contributed by atoms with Crippen molar-refractivity contribution < 1.29 is 0 Å². The van der Waals surface area contributed by atoms with Crippen LogP contribution in [0.15, 0.2) is 24.3 Å². The van der Waals surface area contributed by atoms with E-state index in [1.165, 1.54) is 11.3 Å². The van der Waals surface area contributed by atoms with Crippen LogP contribution in [-0.2, 0) is 6.42 Å². The maximum atomic E-state index is 4.26. The first-order chi connectivity index (χ1) is 7.75. The molecule has 0 saturated carbocycles. The van der Waals surface area contributed by atoms with Crippen LogP contribution in [0, 0.1) is 13.8 Å². The fraction of sp³-hybridized carbons (Fsp3) is 0.333. The molecule has 16 heavy (non-hydrogen) atoms. The van der Waals surface area contributed by atoms with Gasteiger partial charge in [-0.25, -0.2) is 4.98 Å². The number of hydrogen-bond donors (Lipinski definition) is 2. The van der Waals surface area contributed by atoms with Crippen molar-refractivity contribution in [3.8, 4) is 0 Å². The number of H-pyrrole nitrogens is 1. The van der Waals surface area contributed by atoms with E-state index in [0.717, 1.165) is 24.6 Å². The average molecular weight is 216 g/mol. The Morgan fingerprint density at radius 1 is 1.25 bits per heavy atom. The zero-order chi connectivity index (χ0) is 11.4. The largest absolute Gasteiger partial charge is 0.384 e. The molecule has 2 aromatic rings. The van der Waals surface area contributed by atoms with E-state index in [9.17, 15) is 0 Å². The summed E-state index contributed by atoms with van der Waals surface area (Å²) in [5.41, 5.74) is 2.43.